The number of anilines is 1. The zero-order valence-corrected chi connectivity index (χ0v) is 20.2. The van der Waals surface area contributed by atoms with Crippen molar-refractivity contribution in [2.45, 2.75) is 50.5 Å². The van der Waals surface area contributed by atoms with Crippen LogP contribution in [0.25, 0.3) is 0 Å². The van der Waals surface area contributed by atoms with E-state index in [2.05, 4.69) is 10.0 Å². The number of fused-ring (bicyclic) bond motifs is 2. The summed E-state index contributed by atoms with van der Waals surface area (Å²) in [4.78, 5) is 12.8. The maximum atomic E-state index is 12.9. The molecule has 2 N–H and O–H groups in total. The number of sulfonamides is 1. The van der Waals surface area contributed by atoms with Crippen LogP contribution in [0.15, 0.2) is 47.4 Å². The van der Waals surface area contributed by atoms with Crippen molar-refractivity contribution < 1.29 is 22.7 Å². The second-order valence-electron chi connectivity index (χ2n) is 9.03. The third-order valence-corrected chi connectivity index (χ3v) is 8.50. The van der Waals surface area contributed by atoms with E-state index < -0.39 is 10.0 Å². The molecule has 2 saturated carbocycles. The molecule has 0 aromatic heterocycles. The molecule has 0 spiro atoms. The van der Waals surface area contributed by atoms with E-state index in [9.17, 15) is 13.2 Å². The number of hydrogen-bond acceptors (Lipinski definition) is 5. The third kappa shape index (κ3) is 5.17. The summed E-state index contributed by atoms with van der Waals surface area (Å²) in [6.45, 7) is 4.34. The van der Waals surface area contributed by atoms with E-state index in [-0.39, 0.29) is 16.8 Å². The molecular formula is C25H32N2O5S. The largest absolute Gasteiger partial charge is 0.493 e. The van der Waals surface area contributed by atoms with Crippen LogP contribution in [-0.4, -0.2) is 34.1 Å². The van der Waals surface area contributed by atoms with Gasteiger partial charge in [0.25, 0.3) is 5.91 Å². The van der Waals surface area contributed by atoms with Crippen molar-refractivity contribution in [3.63, 3.8) is 0 Å². The van der Waals surface area contributed by atoms with E-state index in [0.717, 1.165) is 12.3 Å². The molecule has 2 aromatic rings. The van der Waals surface area contributed by atoms with Gasteiger partial charge in [-0.3, -0.25) is 4.79 Å². The summed E-state index contributed by atoms with van der Waals surface area (Å²) in [5.74, 6) is 2.55. The standard InChI is InChI=1S/C25H32N2O5S/c1-4-32-23-12-7-19(15-24(23)31-3)25(28)26-20-8-10-21(11-9-20)33(29,30)27-16(2)22-14-17-5-6-18(22)13-17/h7-12,15-18,22,27H,4-6,13-14H2,1-3H3,(H,26,28)/t16-,17-,18-,22+/m0/s1. The van der Waals surface area contributed by atoms with Crippen LogP contribution in [0.3, 0.4) is 0 Å². The Morgan fingerprint density at radius 3 is 2.45 bits per heavy atom. The number of methoxy groups -OCH3 is 1. The van der Waals surface area contributed by atoms with Gasteiger partial charge in [-0.1, -0.05) is 6.42 Å². The number of carbonyl (C=O) groups excluding carboxylic acids is 1. The number of hydrogen-bond donors (Lipinski definition) is 2. The van der Waals surface area contributed by atoms with Crippen LogP contribution in [0, 0.1) is 17.8 Å². The van der Waals surface area contributed by atoms with E-state index in [4.69, 9.17) is 9.47 Å². The number of ether oxygens (including phenoxy) is 2. The Hall–Kier alpha value is -2.58. The highest BCUT2D eigenvalue weighted by atomic mass is 32.2. The summed E-state index contributed by atoms with van der Waals surface area (Å²) >= 11 is 0. The highest BCUT2D eigenvalue weighted by Gasteiger charge is 2.42. The highest BCUT2D eigenvalue weighted by molar-refractivity contribution is 7.89. The quantitative estimate of drug-likeness (QED) is 0.562. The fourth-order valence-corrected chi connectivity index (χ4v) is 6.61. The van der Waals surface area contributed by atoms with Crippen molar-refractivity contribution in [1.82, 2.24) is 4.72 Å². The molecule has 4 rings (SSSR count). The van der Waals surface area contributed by atoms with Crippen LogP contribution in [0.2, 0.25) is 0 Å². The Morgan fingerprint density at radius 2 is 1.85 bits per heavy atom. The van der Waals surface area contributed by atoms with Gasteiger partial charge in [0.15, 0.2) is 11.5 Å². The molecule has 2 fully saturated rings. The van der Waals surface area contributed by atoms with Crippen LogP contribution in [0.4, 0.5) is 5.69 Å². The van der Waals surface area contributed by atoms with Crippen LogP contribution in [0.1, 0.15) is 49.9 Å². The molecule has 4 atom stereocenters. The molecule has 1 amide bonds. The van der Waals surface area contributed by atoms with Gasteiger partial charge in [-0.05, 0) is 93.3 Å². The van der Waals surface area contributed by atoms with Crippen LogP contribution in [0.5, 0.6) is 11.5 Å². The number of benzene rings is 2. The second kappa shape index (κ2) is 9.73. The minimum atomic E-state index is -3.62. The van der Waals surface area contributed by atoms with Crippen molar-refractivity contribution in [2.75, 3.05) is 19.0 Å². The molecule has 0 saturated heterocycles. The first-order chi connectivity index (χ1) is 15.8. The van der Waals surface area contributed by atoms with Gasteiger partial charge in [-0.15, -0.1) is 0 Å². The van der Waals surface area contributed by atoms with Gasteiger partial charge >= 0.3 is 0 Å². The number of rotatable bonds is 9. The molecule has 2 bridgehead atoms. The molecule has 0 radical (unpaired) electrons. The smallest absolute Gasteiger partial charge is 0.255 e. The molecule has 178 valence electrons. The summed E-state index contributed by atoms with van der Waals surface area (Å²) in [7, 11) is -2.10. The predicted molar refractivity (Wildman–Crippen MR) is 127 cm³/mol. The fourth-order valence-electron chi connectivity index (χ4n) is 5.31. The van der Waals surface area contributed by atoms with Gasteiger partial charge in [-0.25, -0.2) is 13.1 Å². The lowest BCUT2D eigenvalue weighted by Crippen LogP contribution is -2.40. The predicted octanol–water partition coefficient (Wildman–Crippen LogP) is 4.45. The lowest BCUT2D eigenvalue weighted by molar-refractivity contribution is 0.102. The van der Waals surface area contributed by atoms with Crippen molar-refractivity contribution in [3.8, 4) is 11.5 Å². The minimum Gasteiger partial charge on any atom is -0.493 e. The number of amides is 1. The lowest BCUT2D eigenvalue weighted by atomic mass is 9.84. The second-order valence-corrected chi connectivity index (χ2v) is 10.7. The van der Waals surface area contributed by atoms with E-state index in [0.29, 0.717) is 41.2 Å². The van der Waals surface area contributed by atoms with E-state index in [1.54, 1.807) is 30.3 Å². The van der Waals surface area contributed by atoms with E-state index in [1.807, 2.05) is 13.8 Å². The number of nitrogens with one attached hydrogen (secondary N) is 2. The van der Waals surface area contributed by atoms with Crippen LogP contribution >= 0.6 is 0 Å². The molecule has 2 aliphatic rings. The first-order valence-corrected chi connectivity index (χ1v) is 13.0. The molecule has 0 unspecified atom stereocenters. The molecule has 8 heteroatoms. The first-order valence-electron chi connectivity index (χ1n) is 11.5. The van der Waals surface area contributed by atoms with Crippen molar-refractivity contribution in [1.29, 1.82) is 0 Å². The van der Waals surface area contributed by atoms with Gasteiger partial charge in [0.1, 0.15) is 0 Å². The number of carbonyl (C=O) groups is 1. The van der Waals surface area contributed by atoms with Crippen molar-refractivity contribution in [3.05, 3.63) is 48.0 Å². The molecule has 0 heterocycles. The Labute approximate surface area is 195 Å². The highest BCUT2D eigenvalue weighted by Crippen LogP contribution is 2.49. The van der Waals surface area contributed by atoms with Gasteiger partial charge in [0.05, 0.1) is 18.6 Å². The summed E-state index contributed by atoms with van der Waals surface area (Å²) in [5, 5.41) is 2.79. The van der Waals surface area contributed by atoms with Gasteiger partial charge in [0, 0.05) is 17.3 Å². The summed E-state index contributed by atoms with van der Waals surface area (Å²) in [6.07, 6.45) is 4.87. The summed E-state index contributed by atoms with van der Waals surface area (Å²) in [6, 6.07) is 11.1. The Balaban J connectivity index is 1.40. The SMILES string of the molecule is CCOc1ccc(C(=O)Nc2ccc(S(=O)(=O)N[C@@H](C)[C@H]3C[C@H]4CC[C@H]3C4)cc2)cc1OC. The van der Waals surface area contributed by atoms with Crippen LogP contribution in [-0.2, 0) is 10.0 Å². The van der Waals surface area contributed by atoms with Crippen molar-refractivity contribution in [2.24, 2.45) is 17.8 Å². The average molecular weight is 473 g/mol. The summed E-state index contributed by atoms with van der Waals surface area (Å²) in [5.41, 5.74) is 0.918. The zero-order valence-electron chi connectivity index (χ0n) is 19.3. The van der Waals surface area contributed by atoms with Gasteiger partial charge in [0.2, 0.25) is 10.0 Å². The topological polar surface area (TPSA) is 93.7 Å². The Morgan fingerprint density at radius 1 is 1.09 bits per heavy atom. The molecule has 7 nitrogen and oxygen atoms in total. The van der Waals surface area contributed by atoms with Crippen LogP contribution < -0.4 is 19.5 Å². The molecule has 0 aliphatic heterocycles. The minimum absolute atomic E-state index is 0.0840. The van der Waals surface area contributed by atoms with E-state index in [1.165, 1.54) is 38.5 Å². The van der Waals surface area contributed by atoms with E-state index >= 15 is 0 Å². The normalized spacial score (nSPS) is 22.7. The molecule has 33 heavy (non-hydrogen) atoms. The summed E-state index contributed by atoms with van der Waals surface area (Å²) < 4.78 is 39.4. The Bertz CT molecular complexity index is 1100. The monoisotopic (exact) mass is 472 g/mol. The van der Waals surface area contributed by atoms with Crippen molar-refractivity contribution >= 4 is 21.6 Å². The zero-order chi connectivity index (χ0) is 23.6. The maximum Gasteiger partial charge on any atom is 0.255 e. The average Bonchev–Trinajstić information content (AvgIpc) is 3.43. The third-order valence-electron chi connectivity index (χ3n) is 6.92. The maximum absolute atomic E-state index is 12.9. The Kier molecular flexibility index (Phi) is 6.95. The molecule has 2 aliphatic carbocycles. The first kappa shape index (κ1) is 23.6. The van der Waals surface area contributed by atoms with Gasteiger partial charge < -0.3 is 14.8 Å². The lowest BCUT2D eigenvalue weighted by Gasteiger charge is -2.28. The fraction of sp³-hybridized carbons (Fsp3) is 0.480. The van der Waals surface area contributed by atoms with Gasteiger partial charge in [-0.2, -0.15) is 0 Å². The molecular weight excluding hydrogens is 440 g/mol. The molecule has 2 aromatic carbocycles.